The van der Waals surface area contributed by atoms with Gasteiger partial charge in [0.25, 0.3) is 0 Å². The van der Waals surface area contributed by atoms with Crippen molar-refractivity contribution in [2.45, 2.75) is 39.3 Å². The minimum Gasteiger partial charge on any atom is -0.496 e. The SMILES string of the molecule is COc1ccc(C)cc1CN1CCC(=O)NC(C)(C)C1=O. The van der Waals surface area contributed by atoms with Gasteiger partial charge in [0.1, 0.15) is 11.3 Å². The highest BCUT2D eigenvalue weighted by Crippen LogP contribution is 2.23. The van der Waals surface area contributed by atoms with Gasteiger partial charge >= 0.3 is 0 Å². The van der Waals surface area contributed by atoms with Crippen molar-refractivity contribution in [3.8, 4) is 5.75 Å². The average molecular weight is 290 g/mol. The molecule has 2 rings (SSSR count). The van der Waals surface area contributed by atoms with Crippen LogP contribution in [0, 0.1) is 6.92 Å². The molecule has 1 aromatic carbocycles. The van der Waals surface area contributed by atoms with Crippen LogP contribution in [0.15, 0.2) is 18.2 Å². The fraction of sp³-hybridized carbons (Fsp3) is 0.500. The fourth-order valence-electron chi connectivity index (χ4n) is 2.59. The van der Waals surface area contributed by atoms with Crippen LogP contribution in [0.1, 0.15) is 31.4 Å². The van der Waals surface area contributed by atoms with Gasteiger partial charge in [-0.1, -0.05) is 17.7 Å². The molecule has 0 atom stereocenters. The number of amides is 2. The second-order valence-corrected chi connectivity index (χ2v) is 5.97. The Morgan fingerprint density at radius 1 is 1.33 bits per heavy atom. The highest BCUT2D eigenvalue weighted by atomic mass is 16.5. The van der Waals surface area contributed by atoms with Gasteiger partial charge in [-0.3, -0.25) is 9.59 Å². The molecule has 5 heteroatoms. The Morgan fingerprint density at radius 3 is 2.71 bits per heavy atom. The molecule has 5 nitrogen and oxygen atoms in total. The molecule has 1 aromatic rings. The maximum absolute atomic E-state index is 12.6. The van der Waals surface area contributed by atoms with Gasteiger partial charge in [0.15, 0.2) is 0 Å². The van der Waals surface area contributed by atoms with Crippen molar-refractivity contribution >= 4 is 11.8 Å². The largest absolute Gasteiger partial charge is 0.496 e. The number of nitrogens with zero attached hydrogens (tertiary/aromatic N) is 1. The zero-order valence-electron chi connectivity index (χ0n) is 13.0. The van der Waals surface area contributed by atoms with Crippen LogP contribution in [0.25, 0.3) is 0 Å². The first-order valence-electron chi connectivity index (χ1n) is 7.07. The van der Waals surface area contributed by atoms with E-state index in [1.165, 1.54) is 0 Å². The third-order valence-corrected chi connectivity index (χ3v) is 3.68. The summed E-state index contributed by atoms with van der Waals surface area (Å²) in [5.41, 5.74) is 1.20. The predicted octanol–water partition coefficient (Wildman–Crippen LogP) is 1.63. The van der Waals surface area contributed by atoms with Gasteiger partial charge in [0.05, 0.1) is 7.11 Å². The van der Waals surface area contributed by atoms with E-state index in [0.29, 0.717) is 19.5 Å². The van der Waals surface area contributed by atoms with Crippen molar-refractivity contribution in [3.05, 3.63) is 29.3 Å². The van der Waals surface area contributed by atoms with Gasteiger partial charge in [-0.05, 0) is 26.8 Å². The molecule has 1 heterocycles. The molecule has 1 N–H and O–H groups in total. The van der Waals surface area contributed by atoms with Crippen molar-refractivity contribution < 1.29 is 14.3 Å². The van der Waals surface area contributed by atoms with E-state index in [1.54, 1.807) is 25.9 Å². The highest BCUT2D eigenvalue weighted by Gasteiger charge is 2.36. The molecule has 0 aromatic heterocycles. The summed E-state index contributed by atoms with van der Waals surface area (Å²) < 4.78 is 5.36. The maximum Gasteiger partial charge on any atom is 0.248 e. The van der Waals surface area contributed by atoms with Gasteiger partial charge in [0.2, 0.25) is 11.8 Å². The molecule has 0 bridgehead atoms. The monoisotopic (exact) mass is 290 g/mol. The van der Waals surface area contributed by atoms with Crippen molar-refractivity contribution in [1.82, 2.24) is 10.2 Å². The van der Waals surface area contributed by atoms with E-state index in [0.717, 1.165) is 16.9 Å². The summed E-state index contributed by atoms with van der Waals surface area (Å²) in [5, 5.41) is 2.76. The molecule has 0 spiro atoms. The van der Waals surface area contributed by atoms with Crippen LogP contribution in [-0.2, 0) is 16.1 Å². The van der Waals surface area contributed by atoms with Crippen LogP contribution in [-0.4, -0.2) is 35.9 Å². The first kappa shape index (κ1) is 15.4. The van der Waals surface area contributed by atoms with E-state index in [1.807, 2.05) is 25.1 Å². The first-order valence-corrected chi connectivity index (χ1v) is 7.07. The Morgan fingerprint density at radius 2 is 2.05 bits per heavy atom. The molecule has 0 radical (unpaired) electrons. The second-order valence-electron chi connectivity index (χ2n) is 5.97. The number of carbonyl (C=O) groups excluding carboxylic acids is 2. The third-order valence-electron chi connectivity index (χ3n) is 3.68. The number of hydrogen-bond donors (Lipinski definition) is 1. The molecule has 2 amide bonds. The number of methoxy groups -OCH3 is 1. The van der Waals surface area contributed by atoms with E-state index in [2.05, 4.69) is 5.32 Å². The number of hydrogen-bond acceptors (Lipinski definition) is 3. The Kier molecular flexibility index (Phi) is 4.21. The third kappa shape index (κ3) is 3.35. The van der Waals surface area contributed by atoms with Gasteiger partial charge in [0, 0.05) is 25.1 Å². The van der Waals surface area contributed by atoms with E-state index >= 15 is 0 Å². The molecule has 0 saturated carbocycles. The summed E-state index contributed by atoms with van der Waals surface area (Å²) in [6.45, 7) is 6.34. The van der Waals surface area contributed by atoms with E-state index in [4.69, 9.17) is 4.74 Å². The topological polar surface area (TPSA) is 58.6 Å². The number of nitrogens with one attached hydrogen (secondary N) is 1. The smallest absolute Gasteiger partial charge is 0.248 e. The lowest BCUT2D eigenvalue weighted by atomic mass is 10.0. The molecule has 21 heavy (non-hydrogen) atoms. The van der Waals surface area contributed by atoms with Gasteiger partial charge in [-0.25, -0.2) is 0 Å². The molecule has 114 valence electrons. The molecular formula is C16H22N2O3. The quantitative estimate of drug-likeness (QED) is 0.920. The lowest BCUT2D eigenvalue weighted by molar-refractivity contribution is -0.137. The molecule has 0 aliphatic carbocycles. The Balaban J connectivity index is 2.27. The van der Waals surface area contributed by atoms with Crippen molar-refractivity contribution in [2.75, 3.05) is 13.7 Å². The highest BCUT2D eigenvalue weighted by molar-refractivity contribution is 5.92. The second kappa shape index (κ2) is 5.76. The summed E-state index contributed by atoms with van der Waals surface area (Å²) >= 11 is 0. The zero-order chi connectivity index (χ0) is 15.6. The van der Waals surface area contributed by atoms with Crippen molar-refractivity contribution in [3.63, 3.8) is 0 Å². The number of benzene rings is 1. The number of rotatable bonds is 3. The minimum atomic E-state index is -0.870. The van der Waals surface area contributed by atoms with Gasteiger partial charge in [-0.2, -0.15) is 0 Å². The Bertz CT molecular complexity index is 567. The van der Waals surface area contributed by atoms with Crippen LogP contribution in [0.3, 0.4) is 0 Å². The average Bonchev–Trinajstić information content (AvgIpc) is 2.50. The summed E-state index contributed by atoms with van der Waals surface area (Å²) in [6.07, 6.45) is 0.323. The standard InChI is InChI=1S/C16H22N2O3/c1-11-5-6-13(21-4)12(9-11)10-18-8-7-14(19)17-16(2,3)15(18)20/h5-6,9H,7-8,10H2,1-4H3,(H,17,19). The van der Waals surface area contributed by atoms with Gasteiger partial charge in [-0.15, -0.1) is 0 Å². The van der Waals surface area contributed by atoms with Crippen LogP contribution in [0.4, 0.5) is 0 Å². The summed E-state index contributed by atoms with van der Waals surface area (Å²) in [5.74, 6) is 0.596. The van der Waals surface area contributed by atoms with Crippen LogP contribution in [0.5, 0.6) is 5.75 Å². The van der Waals surface area contributed by atoms with Crippen LogP contribution >= 0.6 is 0 Å². The number of ether oxygens (including phenoxy) is 1. The van der Waals surface area contributed by atoms with E-state index < -0.39 is 5.54 Å². The normalized spacial score (nSPS) is 18.2. The molecule has 1 saturated heterocycles. The van der Waals surface area contributed by atoms with Crippen LogP contribution < -0.4 is 10.1 Å². The number of aryl methyl sites for hydroxylation is 1. The van der Waals surface area contributed by atoms with Crippen molar-refractivity contribution in [1.29, 1.82) is 0 Å². The Labute approximate surface area is 125 Å². The summed E-state index contributed by atoms with van der Waals surface area (Å²) in [6, 6.07) is 5.89. The summed E-state index contributed by atoms with van der Waals surface area (Å²) in [4.78, 5) is 26.0. The van der Waals surface area contributed by atoms with E-state index in [-0.39, 0.29) is 11.8 Å². The van der Waals surface area contributed by atoms with Crippen molar-refractivity contribution in [2.24, 2.45) is 0 Å². The predicted molar refractivity (Wildman–Crippen MR) is 80.0 cm³/mol. The maximum atomic E-state index is 12.6. The molecule has 0 unspecified atom stereocenters. The molecule has 1 fully saturated rings. The van der Waals surface area contributed by atoms with Gasteiger partial charge < -0.3 is 15.0 Å². The van der Waals surface area contributed by atoms with E-state index in [9.17, 15) is 9.59 Å². The minimum absolute atomic E-state index is 0.0723. The number of carbonyl (C=O) groups is 2. The molecular weight excluding hydrogens is 268 g/mol. The lowest BCUT2D eigenvalue weighted by Gasteiger charge is -2.29. The molecule has 1 aliphatic rings. The van der Waals surface area contributed by atoms with Crippen LogP contribution in [0.2, 0.25) is 0 Å². The first-order chi connectivity index (χ1) is 9.83. The fourth-order valence-corrected chi connectivity index (χ4v) is 2.59. The Hall–Kier alpha value is -2.04. The lowest BCUT2D eigenvalue weighted by Crippen LogP contribution is -2.52. The molecule has 1 aliphatic heterocycles. The summed E-state index contributed by atoms with van der Waals surface area (Å²) in [7, 11) is 1.62. The zero-order valence-corrected chi connectivity index (χ0v) is 13.0.